The number of aryl methyl sites for hydroxylation is 1. The average Bonchev–Trinajstić information content (AvgIpc) is 3.05. The fraction of sp³-hybridized carbons (Fsp3) is 0.333. The molecule has 0 fully saturated rings. The maximum Gasteiger partial charge on any atom is 0.419 e. The average molecular weight is 498 g/mol. The van der Waals surface area contributed by atoms with Gasteiger partial charge in [0, 0.05) is 24.7 Å². The summed E-state index contributed by atoms with van der Waals surface area (Å²) in [5, 5.41) is 3.43. The van der Waals surface area contributed by atoms with Gasteiger partial charge in [0.25, 0.3) is 0 Å². The van der Waals surface area contributed by atoms with E-state index in [2.05, 4.69) is 10.0 Å². The first-order chi connectivity index (χ1) is 15.2. The van der Waals surface area contributed by atoms with E-state index >= 15 is 0 Å². The van der Waals surface area contributed by atoms with E-state index in [1.807, 2.05) is 18.4 Å². The number of fused-ring (bicyclic) bond motifs is 1. The third kappa shape index (κ3) is 5.94. The van der Waals surface area contributed by atoms with Gasteiger partial charge in [-0.25, -0.2) is 13.2 Å². The topological polar surface area (TPSA) is 110 Å². The van der Waals surface area contributed by atoms with Crippen LogP contribution in [0.15, 0.2) is 56.6 Å². The summed E-state index contributed by atoms with van der Waals surface area (Å²) in [7, 11) is -2.48. The highest BCUT2D eigenvalue weighted by Crippen LogP contribution is 2.19. The second-order valence-corrected chi connectivity index (χ2v) is 10.3. The zero-order valence-corrected chi connectivity index (χ0v) is 20.0. The molecule has 1 aromatic heterocycles. The van der Waals surface area contributed by atoms with Crippen molar-refractivity contribution in [2.45, 2.75) is 23.8 Å². The Labute approximate surface area is 195 Å². The molecule has 0 aliphatic heterocycles. The highest BCUT2D eigenvalue weighted by atomic mass is 35.5. The summed E-state index contributed by atoms with van der Waals surface area (Å²) in [4.78, 5) is 24.3. The number of hydrogen-bond acceptors (Lipinski definition) is 6. The Hall–Kier alpha value is -2.27. The van der Waals surface area contributed by atoms with Crippen molar-refractivity contribution < 1.29 is 17.6 Å². The van der Waals surface area contributed by atoms with Gasteiger partial charge in [-0.05, 0) is 54.7 Å². The molecule has 32 heavy (non-hydrogen) atoms. The van der Waals surface area contributed by atoms with Gasteiger partial charge >= 0.3 is 5.76 Å². The van der Waals surface area contributed by atoms with Gasteiger partial charge in [0.2, 0.25) is 15.9 Å². The lowest BCUT2D eigenvalue weighted by Crippen LogP contribution is -2.47. The molecule has 0 spiro atoms. The van der Waals surface area contributed by atoms with Crippen LogP contribution < -0.4 is 15.8 Å². The molecule has 0 aliphatic rings. The summed E-state index contributed by atoms with van der Waals surface area (Å²) < 4.78 is 34.7. The molecule has 2 aromatic carbocycles. The van der Waals surface area contributed by atoms with Crippen LogP contribution in [0.2, 0.25) is 5.02 Å². The number of carbonyl (C=O) groups is 1. The first-order valence-electron chi connectivity index (χ1n) is 9.84. The van der Waals surface area contributed by atoms with E-state index in [1.165, 1.54) is 41.6 Å². The van der Waals surface area contributed by atoms with Crippen LogP contribution >= 0.6 is 23.4 Å². The number of hydrogen-bond donors (Lipinski definition) is 2. The van der Waals surface area contributed by atoms with Crippen molar-refractivity contribution in [2.75, 3.05) is 18.6 Å². The minimum atomic E-state index is -4.02. The Morgan fingerprint density at radius 1 is 1.22 bits per heavy atom. The molecule has 2 N–H and O–H groups in total. The molecule has 1 amide bonds. The molecule has 0 bridgehead atoms. The van der Waals surface area contributed by atoms with Crippen molar-refractivity contribution in [2.24, 2.45) is 7.05 Å². The second kappa shape index (κ2) is 10.6. The van der Waals surface area contributed by atoms with Gasteiger partial charge in [-0.3, -0.25) is 9.36 Å². The summed E-state index contributed by atoms with van der Waals surface area (Å²) in [6.07, 6.45) is 2.81. The highest BCUT2D eigenvalue weighted by Gasteiger charge is 2.26. The van der Waals surface area contributed by atoms with Gasteiger partial charge in [0.15, 0.2) is 5.58 Å². The zero-order valence-electron chi connectivity index (χ0n) is 17.6. The smallest absolute Gasteiger partial charge is 0.408 e. The van der Waals surface area contributed by atoms with Crippen LogP contribution in [0.25, 0.3) is 11.1 Å². The van der Waals surface area contributed by atoms with Crippen LogP contribution in [0.4, 0.5) is 0 Å². The molecule has 172 valence electrons. The number of thioether (sulfide) groups is 1. The van der Waals surface area contributed by atoms with Crippen molar-refractivity contribution in [3.05, 3.63) is 63.6 Å². The fourth-order valence-corrected chi connectivity index (χ4v) is 4.96. The Bertz CT molecular complexity index is 1250. The van der Waals surface area contributed by atoms with Crippen LogP contribution in [0, 0.1) is 0 Å². The molecule has 1 atom stereocenters. The molecule has 0 unspecified atom stereocenters. The van der Waals surface area contributed by atoms with Crippen molar-refractivity contribution in [3.8, 4) is 0 Å². The van der Waals surface area contributed by atoms with Crippen molar-refractivity contribution in [3.63, 3.8) is 0 Å². The third-order valence-corrected chi connectivity index (χ3v) is 7.29. The summed E-state index contributed by atoms with van der Waals surface area (Å²) in [6, 6.07) is 10.5. The monoisotopic (exact) mass is 497 g/mol. The van der Waals surface area contributed by atoms with Crippen molar-refractivity contribution >= 4 is 50.4 Å². The number of sulfonamides is 1. The summed E-state index contributed by atoms with van der Waals surface area (Å²) in [5.41, 5.74) is 1.65. The largest absolute Gasteiger partial charge is 0.419 e. The number of nitrogens with one attached hydrogen (secondary N) is 2. The number of carbonyl (C=O) groups excluding carboxylic acids is 1. The van der Waals surface area contributed by atoms with Gasteiger partial charge in [0.1, 0.15) is 6.04 Å². The Morgan fingerprint density at radius 3 is 2.62 bits per heavy atom. The molecule has 0 saturated heterocycles. The lowest BCUT2D eigenvalue weighted by molar-refractivity contribution is -0.122. The Morgan fingerprint density at radius 2 is 1.94 bits per heavy atom. The molecule has 0 saturated carbocycles. The van der Waals surface area contributed by atoms with Gasteiger partial charge in [-0.1, -0.05) is 23.7 Å². The van der Waals surface area contributed by atoms with E-state index in [0.29, 0.717) is 35.7 Å². The maximum atomic E-state index is 12.9. The van der Waals surface area contributed by atoms with Crippen molar-refractivity contribution in [1.29, 1.82) is 0 Å². The van der Waals surface area contributed by atoms with Gasteiger partial charge in [-0.15, -0.1) is 0 Å². The number of halogens is 1. The molecular weight excluding hydrogens is 474 g/mol. The number of amides is 1. The third-order valence-electron chi connectivity index (χ3n) is 4.92. The van der Waals surface area contributed by atoms with E-state index in [0.717, 1.165) is 5.56 Å². The van der Waals surface area contributed by atoms with E-state index in [9.17, 15) is 18.0 Å². The van der Waals surface area contributed by atoms with Gasteiger partial charge in [0.05, 0.1) is 10.4 Å². The van der Waals surface area contributed by atoms with E-state index in [1.54, 1.807) is 12.1 Å². The second-order valence-electron chi connectivity index (χ2n) is 7.18. The molecular formula is C21H24ClN3O5S2. The molecule has 0 radical (unpaired) electrons. The van der Waals surface area contributed by atoms with Crippen LogP contribution in [0.5, 0.6) is 0 Å². The van der Waals surface area contributed by atoms with E-state index < -0.39 is 27.7 Å². The van der Waals surface area contributed by atoms with Crippen molar-refractivity contribution in [1.82, 2.24) is 14.6 Å². The predicted octanol–water partition coefficient (Wildman–Crippen LogP) is 2.54. The van der Waals surface area contributed by atoms with E-state index in [-0.39, 0.29) is 10.5 Å². The SMILES string of the molecule is CSCC[C@@H](NS(=O)(=O)c1ccc2c(c1)oc(=O)n2C)C(=O)NCCc1ccc(Cl)cc1. The van der Waals surface area contributed by atoms with Crippen LogP contribution in [0.1, 0.15) is 12.0 Å². The van der Waals surface area contributed by atoms with Crippen LogP contribution in [-0.4, -0.2) is 43.5 Å². The molecule has 8 nitrogen and oxygen atoms in total. The van der Waals surface area contributed by atoms with Crippen LogP contribution in [0.3, 0.4) is 0 Å². The molecule has 0 aliphatic carbocycles. The van der Waals surface area contributed by atoms with Gasteiger partial charge < -0.3 is 9.73 Å². The lowest BCUT2D eigenvalue weighted by atomic mass is 10.1. The quantitative estimate of drug-likeness (QED) is 0.445. The zero-order chi connectivity index (χ0) is 23.3. The number of nitrogens with zero attached hydrogens (tertiary/aromatic N) is 1. The maximum absolute atomic E-state index is 12.9. The molecule has 3 aromatic rings. The van der Waals surface area contributed by atoms with E-state index in [4.69, 9.17) is 16.0 Å². The number of rotatable bonds is 10. The molecule has 11 heteroatoms. The minimum absolute atomic E-state index is 0.0811. The Kier molecular flexibility index (Phi) is 8.05. The first kappa shape index (κ1) is 24.4. The van der Waals surface area contributed by atoms with Crippen LogP contribution in [-0.2, 0) is 28.3 Å². The number of oxazole rings is 1. The number of benzene rings is 2. The predicted molar refractivity (Wildman–Crippen MR) is 127 cm³/mol. The summed E-state index contributed by atoms with van der Waals surface area (Å²) >= 11 is 7.40. The molecule has 1 heterocycles. The minimum Gasteiger partial charge on any atom is -0.408 e. The lowest BCUT2D eigenvalue weighted by Gasteiger charge is -2.18. The first-order valence-corrected chi connectivity index (χ1v) is 13.1. The molecule has 3 rings (SSSR count). The summed E-state index contributed by atoms with van der Waals surface area (Å²) in [6.45, 7) is 0.360. The normalized spacial score (nSPS) is 12.7. The fourth-order valence-electron chi connectivity index (χ4n) is 3.12. The summed E-state index contributed by atoms with van der Waals surface area (Å²) in [5.74, 6) is -0.381. The standard InChI is InChI=1S/C21H24ClN3O5S2/c1-25-18-8-7-16(13-19(18)30-21(25)27)32(28,29)24-17(10-12-31-2)20(26)23-11-9-14-3-5-15(22)6-4-14/h3-8,13,17,24H,9-12H2,1-2H3,(H,23,26)/t17-/m1/s1. The number of aromatic nitrogens is 1. The van der Waals surface area contributed by atoms with Gasteiger partial charge in [-0.2, -0.15) is 16.5 Å². The highest BCUT2D eigenvalue weighted by molar-refractivity contribution is 7.98. The Balaban J connectivity index is 1.70.